The normalized spacial score (nSPS) is 15.2. The van der Waals surface area contributed by atoms with Gasteiger partial charge in [-0.25, -0.2) is 9.78 Å². The minimum Gasteiger partial charge on any atom is -0.356 e. The second kappa shape index (κ2) is 9.50. The van der Waals surface area contributed by atoms with Crippen molar-refractivity contribution < 1.29 is 9.59 Å². The van der Waals surface area contributed by atoms with Gasteiger partial charge in [0.05, 0.1) is 5.69 Å². The van der Waals surface area contributed by atoms with Crippen molar-refractivity contribution in [2.24, 2.45) is 0 Å². The van der Waals surface area contributed by atoms with E-state index in [4.69, 9.17) is 0 Å². The number of aromatic nitrogens is 1. The van der Waals surface area contributed by atoms with Gasteiger partial charge in [0.2, 0.25) is 5.91 Å². The van der Waals surface area contributed by atoms with Gasteiger partial charge in [0, 0.05) is 24.4 Å². The molecule has 1 heterocycles. The molecule has 1 aliphatic carbocycles. The molecular formula is C16H26N4O2S. The van der Waals surface area contributed by atoms with Crippen LogP contribution in [0.15, 0.2) is 5.38 Å². The molecule has 0 aromatic carbocycles. The third kappa shape index (κ3) is 6.56. The average Bonchev–Trinajstić information content (AvgIpc) is 2.99. The molecule has 1 aromatic rings. The van der Waals surface area contributed by atoms with Gasteiger partial charge in [-0.3, -0.25) is 10.1 Å². The van der Waals surface area contributed by atoms with Gasteiger partial charge in [0.1, 0.15) is 0 Å². The van der Waals surface area contributed by atoms with Crippen molar-refractivity contribution in [2.45, 2.75) is 64.3 Å². The second-order valence-electron chi connectivity index (χ2n) is 5.93. The first-order chi connectivity index (χ1) is 11.2. The molecular weight excluding hydrogens is 312 g/mol. The molecule has 6 nitrogen and oxygen atoms in total. The highest BCUT2D eigenvalue weighted by molar-refractivity contribution is 7.13. The maximum absolute atomic E-state index is 12.0. The summed E-state index contributed by atoms with van der Waals surface area (Å²) in [7, 11) is 0. The monoisotopic (exact) mass is 338 g/mol. The predicted molar refractivity (Wildman–Crippen MR) is 92.8 cm³/mol. The Morgan fingerprint density at radius 3 is 2.83 bits per heavy atom. The number of anilines is 1. The molecule has 0 bridgehead atoms. The van der Waals surface area contributed by atoms with Crippen LogP contribution in [0, 0.1) is 0 Å². The lowest BCUT2D eigenvalue weighted by molar-refractivity contribution is -0.121. The predicted octanol–water partition coefficient (Wildman–Crippen LogP) is 3.06. The molecule has 1 aliphatic rings. The Hall–Kier alpha value is -1.63. The minimum absolute atomic E-state index is 0.0457. The number of nitrogens with zero attached hydrogens (tertiary/aromatic N) is 1. The highest BCUT2D eigenvalue weighted by Gasteiger charge is 2.16. The SMILES string of the molecule is CCCNC(=O)CCc1csc(NC(=O)NC2CCCCC2)n1. The molecule has 0 radical (unpaired) electrons. The molecule has 1 saturated carbocycles. The van der Waals surface area contributed by atoms with E-state index >= 15 is 0 Å². The van der Waals surface area contributed by atoms with Crippen molar-refractivity contribution in [3.05, 3.63) is 11.1 Å². The summed E-state index contributed by atoms with van der Waals surface area (Å²) in [6.45, 7) is 2.74. The van der Waals surface area contributed by atoms with Gasteiger partial charge in [-0.2, -0.15) is 0 Å². The van der Waals surface area contributed by atoms with Crippen LogP contribution < -0.4 is 16.0 Å². The topological polar surface area (TPSA) is 83.1 Å². The third-order valence-corrected chi connectivity index (χ3v) is 4.70. The number of nitrogens with one attached hydrogen (secondary N) is 3. The van der Waals surface area contributed by atoms with E-state index in [-0.39, 0.29) is 18.0 Å². The number of urea groups is 1. The summed E-state index contributed by atoms with van der Waals surface area (Å²) in [6.07, 6.45) is 7.72. The summed E-state index contributed by atoms with van der Waals surface area (Å²) in [5, 5.41) is 11.1. The van der Waals surface area contributed by atoms with Crippen LogP contribution in [0.3, 0.4) is 0 Å². The summed E-state index contributed by atoms with van der Waals surface area (Å²) in [5.74, 6) is 0.0457. The summed E-state index contributed by atoms with van der Waals surface area (Å²) < 4.78 is 0. The van der Waals surface area contributed by atoms with Gasteiger partial charge in [-0.15, -0.1) is 11.3 Å². The van der Waals surface area contributed by atoms with Crippen LogP contribution in [0.5, 0.6) is 0 Å². The van der Waals surface area contributed by atoms with Crippen LogP contribution in [-0.2, 0) is 11.2 Å². The summed E-state index contributed by atoms with van der Waals surface area (Å²) in [6, 6.07) is 0.101. The average molecular weight is 338 g/mol. The Kier molecular flexibility index (Phi) is 7.32. The van der Waals surface area contributed by atoms with Gasteiger partial charge < -0.3 is 10.6 Å². The Morgan fingerprint density at radius 1 is 1.30 bits per heavy atom. The Morgan fingerprint density at radius 2 is 2.09 bits per heavy atom. The molecule has 7 heteroatoms. The van der Waals surface area contributed by atoms with E-state index in [1.807, 2.05) is 12.3 Å². The molecule has 0 unspecified atom stereocenters. The van der Waals surface area contributed by atoms with Crippen molar-refractivity contribution in [3.8, 4) is 0 Å². The van der Waals surface area contributed by atoms with E-state index < -0.39 is 0 Å². The van der Waals surface area contributed by atoms with E-state index in [0.29, 0.717) is 24.5 Å². The van der Waals surface area contributed by atoms with Crippen LogP contribution >= 0.6 is 11.3 Å². The second-order valence-corrected chi connectivity index (χ2v) is 6.79. The summed E-state index contributed by atoms with van der Waals surface area (Å²) in [4.78, 5) is 27.9. The van der Waals surface area contributed by atoms with Crippen molar-refractivity contribution in [2.75, 3.05) is 11.9 Å². The van der Waals surface area contributed by atoms with Crippen molar-refractivity contribution >= 4 is 28.4 Å². The fraction of sp³-hybridized carbons (Fsp3) is 0.688. The van der Waals surface area contributed by atoms with Gasteiger partial charge in [-0.05, 0) is 25.7 Å². The quantitative estimate of drug-likeness (QED) is 0.714. The van der Waals surface area contributed by atoms with Crippen LogP contribution in [0.2, 0.25) is 0 Å². The van der Waals surface area contributed by atoms with Gasteiger partial charge in [-0.1, -0.05) is 26.2 Å². The molecule has 0 saturated heterocycles. The molecule has 23 heavy (non-hydrogen) atoms. The van der Waals surface area contributed by atoms with E-state index in [2.05, 4.69) is 20.9 Å². The standard InChI is InChI=1S/C16H26N4O2S/c1-2-10-17-14(21)9-8-13-11-23-16(19-13)20-15(22)18-12-6-4-3-5-7-12/h11-12H,2-10H2,1H3,(H,17,21)(H2,18,19,20,22). The van der Waals surface area contributed by atoms with Gasteiger partial charge in [0.15, 0.2) is 5.13 Å². The van der Waals surface area contributed by atoms with E-state index in [9.17, 15) is 9.59 Å². The lowest BCUT2D eigenvalue weighted by atomic mass is 9.96. The molecule has 3 amide bonds. The highest BCUT2D eigenvalue weighted by Crippen LogP contribution is 2.19. The number of thiazole rings is 1. The van der Waals surface area contributed by atoms with Crippen molar-refractivity contribution in [3.63, 3.8) is 0 Å². The first-order valence-corrected chi connectivity index (χ1v) is 9.34. The maximum atomic E-state index is 12.0. The molecule has 2 rings (SSSR count). The molecule has 0 aliphatic heterocycles. The fourth-order valence-corrected chi connectivity index (χ4v) is 3.38. The number of carbonyl (C=O) groups excluding carboxylic acids is 2. The summed E-state index contributed by atoms with van der Waals surface area (Å²) in [5.41, 5.74) is 0.842. The first kappa shape index (κ1) is 17.7. The number of hydrogen-bond donors (Lipinski definition) is 3. The van der Waals surface area contributed by atoms with Gasteiger partial charge >= 0.3 is 6.03 Å². The van der Waals surface area contributed by atoms with E-state index in [1.165, 1.54) is 30.6 Å². The molecule has 0 spiro atoms. The summed E-state index contributed by atoms with van der Waals surface area (Å²) >= 11 is 1.39. The van der Waals surface area contributed by atoms with Crippen LogP contribution in [0.1, 0.15) is 57.6 Å². The molecule has 0 atom stereocenters. The van der Waals surface area contributed by atoms with E-state index in [0.717, 1.165) is 25.0 Å². The van der Waals surface area contributed by atoms with Crippen LogP contribution in [0.4, 0.5) is 9.93 Å². The van der Waals surface area contributed by atoms with Crippen LogP contribution in [0.25, 0.3) is 0 Å². The van der Waals surface area contributed by atoms with Gasteiger partial charge in [0.25, 0.3) is 0 Å². The van der Waals surface area contributed by atoms with Crippen LogP contribution in [-0.4, -0.2) is 29.5 Å². The zero-order valence-electron chi connectivity index (χ0n) is 13.7. The smallest absolute Gasteiger partial charge is 0.321 e. The third-order valence-electron chi connectivity index (χ3n) is 3.89. The Bertz CT molecular complexity index is 512. The zero-order chi connectivity index (χ0) is 16.5. The number of rotatable bonds is 7. The molecule has 128 valence electrons. The minimum atomic E-state index is -0.182. The Labute approximate surface area is 141 Å². The van der Waals surface area contributed by atoms with E-state index in [1.54, 1.807) is 0 Å². The number of hydrogen-bond acceptors (Lipinski definition) is 4. The largest absolute Gasteiger partial charge is 0.356 e. The lowest BCUT2D eigenvalue weighted by Gasteiger charge is -2.22. The number of carbonyl (C=O) groups is 2. The zero-order valence-corrected chi connectivity index (χ0v) is 14.5. The Balaban J connectivity index is 1.71. The lowest BCUT2D eigenvalue weighted by Crippen LogP contribution is -2.39. The first-order valence-electron chi connectivity index (χ1n) is 8.46. The molecule has 1 aromatic heterocycles. The van der Waals surface area contributed by atoms with Crippen molar-refractivity contribution in [1.82, 2.24) is 15.6 Å². The number of aryl methyl sites for hydroxylation is 1. The van der Waals surface area contributed by atoms with Crippen molar-refractivity contribution in [1.29, 1.82) is 0 Å². The molecule has 1 fully saturated rings. The molecule has 3 N–H and O–H groups in total. The highest BCUT2D eigenvalue weighted by atomic mass is 32.1. The number of amides is 3. The maximum Gasteiger partial charge on any atom is 0.321 e. The fourth-order valence-electron chi connectivity index (χ4n) is 2.64.